The molecule has 0 saturated heterocycles. The summed E-state index contributed by atoms with van der Waals surface area (Å²) < 4.78 is 45.4. The molecular weight excluding hydrogens is 606 g/mol. The number of Topliss-reactive ketones (excluding diaryl/α,β-unsaturated/α-hetero) is 1. The highest BCUT2D eigenvalue weighted by Gasteiger charge is 2.63. The maximum Gasteiger partial charge on any atom is 0.433 e. The van der Waals surface area contributed by atoms with Crippen LogP contribution >= 0.6 is 23.2 Å². The number of hydrogen-bond acceptors (Lipinski definition) is 4. The van der Waals surface area contributed by atoms with E-state index in [2.05, 4.69) is 18.9 Å². The fourth-order valence-electron chi connectivity index (χ4n) is 8.39. The number of halogens is 5. The minimum atomic E-state index is -4.91. The van der Waals surface area contributed by atoms with E-state index in [0.717, 1.165) is 16.4 Å². The standard InChI is InChI=1S/C31H34Cl2F3N3O4/c1-16-10-21(32)24(22(33)11-16)23(40)15-38(17-12-19-20(13-17)28(19,2)3)26(41)18-14-37-39(25(18)31(34,35)36)30-7-4-29(5-8-30,6-9-30)27(42)43/h10-11,14,17,19-20H,4-9,12-13,15H2,1-3H3,(H,42,43)/t17-,19-,20+,29?,30?. The molecule has 7 rings (SSSR count). The van der Waals surface area contributed by atoms with Crippen molar-refractivity contribution in [3.05, 3.63) is 50.8 Å². The number of hydrogen-bond donors (Lipinski definition) is 1. The van der Waals surface area contributed by atoms with Crippen LogP contribution in [0.15, 0.2) is 18.3 Å². The largest absolute Gasteiger partial charge is 0.481 e. The third kappa shape index (κ3) is 4.78. The smallest absolute Gasteiger partial charge is 0.433 e. The number of fused-ring (bicyclic) bond motifs is 4. The molecule has 232 valence electrons. The lowest BCUT2D eigenvalue weighted by Crippen LogP contribution is -2.52. The topological polar surface area (TPSA) is 92.5 Å². The van der Waals surface area contributed by atoms with Crippen LogP contribution < -0.4 is 0 Å². The molecule has 0 unspecified atom stereocenters. The summed E-state index contributed by atoms with van der Waals surface area (Å²) >= 11 is 12.7. The SMILES string of the molecule is Cc1cc(Cl)c(C(=O)CN(C(=O)c2cnn(C34CCC(C(=O)O)(CC3)CC4)c2C(F)(F)F)[C@@H]2C[C@@H]3[C@H](C2)C3(C)C)c(Cl)c1. The Morgan fingerprint density at radius 1 is 1.02 bits per heavy atom. The number of aryl methyl sites for hydroxylation is 1. The lowest BCUT2D eigenvalue weighted by Gasteiger charge is -2.51. The number of aromatic nitrogens is 2. The highest BCUT2D eigenvalue weighted by atomic mass is 35.5. The Labute approximate surface area is 257 Å². The number of aliphatic carboxylic acids is 1. The molecular formula is C31H34Cl2F3N3O4. The van der Waals surface area contributed by atoms with Crippen molar-refractivity contribution in [3.63, 3.8) is 0 Å². The van der Waals surface area contributed by atoms with Gasteiger partial charge in [-0.3, -0.25) is 19.1 Å². The van der Waals surface area contributed by atoms with Crippen molar-refractivity contribution in [1.82, 2.24) is 14.7 Å². The highest BCUT2D eigenvalue weighted by molar-refractivity contribution is 6.40. The quantitative estimate of drug-likeness (QED) is 0.318. The Morgan fingerprint density at radius 3 is 2.05 bits per heavy atom. The number of carboxylic acids is 1. The minimum Gasteiger partial charge on any atom is -0.481 e. The number of carbonyl (C=O) groups is 3. The maximum atomic E-state index is 14.8. The Balaban J connectivity index is 1.36. The van der Waals surface area contributed by atoms with Crippen LogP contribution in [-0.2, 0) is 16.5 Å². The van der Waals surface area contributed by atoms with E-state index in [1.165, 1.54) is 4.90 Å². The average Bonchev–Trinajstić information content (AvgIpc) is 3.36. The van der Waals surface area contributed by atoms with Gasteiger partial charge in [0.2, 0.25) is 0 Å². The molecule has 1 N–H and O–H groups in total. The second-order valence-corrected chi connectivity index (χ2v) is 14.6. The van der Waals surface area contributed by atoms with Gasteiger partial charge in [0.05, 0.1) is 44.9 Å². The van der Waals surface area contributed by atoms with Crippen molar-refractivity contribution >= 4 is 40.9 Å². The highest BCUT2D eigenvalue weighted by Crippen LogP contribution is 2.67. The van der Waals surface area contributed by atoms with E-state index >= 15 is 0 Å². The first-order valence-corrected chi connectivity index (χ1v) is 15.5. The average molecular weight is 641 g/mol. The third-order valence-corrected chi connectivity index (χ3v) is 11.8. The van der Waals surface area contributed by atoms with Gasteiger partial charge in [-0.05, 0) is 93.2 Å². The summed E-state index contributed by atoms with van der Waals surface area (Å²) in [6.45, 7) is 5.57. The summed E-state index contributed by atoms with van der Waals surface area (Å²) in [5.74, 6) is -1.74. The predicted molar refractivity (Wildman–Crippen MR) is 153 cm³/mol. The van der Waals surface area contributed by atoms with Gasteiger partial charge in [0.1, 0.15) is 0 Å². The van der Waals surface area contributed by atoms with Crippen molar-refractivity contribution in [2.75, 3.05) is 6.54 Å². The molecule has 3 atom stereocenters. The van der Waals surface area contributed by atoms with Crippen molar-refractivity contribution in [2.45, 2.75) is 89.9 Å². The van der Waals surface area contributed by atoms with Crippen LogP contribution in [0.2, 0.25) is 10.0 Å². The molecule has 1 aromatic heterocycles. The second-order valence-electron chi connectivity index (χ2n) is 13.7. The summed E-state index contributed by atoms with van der Waals surface area (Å²) in [7, 11) is 0. The molecule has 1 aromatic carbocycles. The van der Waals surface area contributed by atoms with E-state index in [1.54, 1.807) is 19.1 Å². The molecule has 2 bridgehead atoms. The van der Waals surface area contributed by atoms with E-state index < -0.39 is 58.6 Å². The Bertz CT molecular complexity index is 1470. The number of amides is 1. The van der Waals surface area contributed by atoms with E-state index in [1.807, 2.05) is 0 Å². The zero-order chi connectivity index (χ0) is 31.3. The fraction of sp³-hybridized carbons (Fsp3) is 0.613. The van der Waals surface area contributed by atoms with Gasteiger partial charge < -0.3 is 10.0 Å². The van der Waals surface area contributed by atoms with Crippen molar-refractivity contribution < 1.29 is 32.7 Å². The summed E-state index contributed by atoms with van der Waals surface area (Å²) in [5, 5.41) is 14.2. The Hall–Kier alpha value is -2.59. The van der Waals surface area contributed by atoms with Crippen LogP contribution in [0.3, 0.4) is 0 Å². The molecule has 5 fully saturated rings. The van der Waals surface area contributed by atoms with Crippen LogP contribution in [0.5, 0.6) is 0 Å². The van der Waals surface area contributed by atoms with E-state index in [9.17, 15) is 32.7 Å². The summed E-state index contributed by atoms with van der Waals surface area (Å²) in [6, 6.07) is 2.74. The van der Waals surface area contributed by atoms with E-state index in [4.69, 9.17) is 23.2 Å². The first-order chi connectivity index (χ1) is 20.0. The van der Waals surface area contributed by atoms with Crippen LogP contribution in [0.4, 0.5) is 13.2 Å². The molecule has 5 saturated carbocycles. The number of alkyl halides is 3. The van der Waals surface area contributed by atoms with Gasteiger partial charge in [0.15, 0.2) is 11.5 Å². The van der Waals surface area contributed by atoms with Gasteiger partial charge in [-0.2, -0.15) is 18.3 Å². The zero-order valence-electron chi connectivity index (χ0n) is 24.2. The zero-order valence-corrected chi connectivity index (χ0v) is 25.7. The van der Waals surface area contributed by atoms with Crippen LogP contribution in [0.1, 0.15) is 97.2 Å². The number of benzene rings is 1. The summed E-state index contributed by atoms with van der Waals surface area (Å²) in [4.78, 5) is 41.0. The summed E-state index contributed by atoms with van der Waals surface area (Å²) in [5.41, 5.74) is -2.82. The number of ketones is 1. The van der Waals surface area contributed by atoms with Crippen LogP contribution in [0.25, 0.3) is 0 Å². The first kappa shape index (κ1) is 30.4. The maximum absolute atomic E-state index is 14.8. The van der Waals surface area contributed by atoms with Crippen LogP contribution in [0, 0.1) is 29.6 Å². The predicted octanol–water partition coefficient (Wildman–Crippen LogP) is 7.41. The number of nitrogens with zero attached hydrogens (tertiary/aromatic N) is 3. The molecule has 43 heavy (non-hydrogen) atoms. The van der Waals surface area contributed by atoms with Crippen molar-refractivity contribution in [1.29, 1.82) is 0 Å². The van der Waals surface area contributed by atoms with Gasteiger partial charge >= 0.3 is 12.1 Å². The molecule has 0 spiro atoms. The number of carboxylic acid groups (broad SMARTS) is 1. The monoisotopic (exact) mass is 639 g/mol. The summed E-state index contributed by atoms with van der Waals surface area (Å²) in [6.07, 6.45) is -1.33. The molecule has 7 nitrogen and oxygen atoms in total. The number of carbonyl (C=O) groups excluding carboxylic acids is 2. The molecule has 0 aliphatic heterocycles. The minimum absolute atomic E-state index is 0.0344. The first-order valence-electron chi connectivity index (χ1n) is 14.7. The molecule has 5 aliphatic rings. The molecule has 1 heterocycles. The fourth-order valence-corrected chi connectivity index (χ4v) is 9.20. The molecule has 1 amide bonds. The normalized spacial score (nSPS) is 30.7. The Kier molecular flexibility index (Phi) is 7.05. The molecule has 0 radical (unpaired) electrons. The van der Waals surface area contributed by atoms with Crippen LogP contribution in [-0.4, -0.2) is 50.0 Å². The molecule has 5 aliphatic carbocycles. The molecule has 2 aromatic rings. The lowest BCUT2D eigenvalue weighted by atomic mass is 9.57. The second kappa shape index (κ2) is 9.96. The van der Waals surface area contributed by atoms with Crippen molar-refractivity contribution in [3.8, 4) is 0 Å². The lowest BCUT2D eigenvalue weighted by molar-refractivity contribution is -0.163. The molecule has 12 heteroatoms. The van der Waals surface area contributed by atoms with E-state index in [0.29, 0.717) is 24.7 Å². The van der Waals surface area contributed by atoms with Gasteiger partial charge in [-0.15, -0.1) is 0 Å². The van der Waals surface area contributed by atoms with Gasteiger partial charge in [0.25, 0.3) is 5.91 Å². The van der Waals surface area contributed by atoms with E-state index in [-0.39, 0.29) is 59.5 Å². The Morgan fingerprint density at radius 2 is 1.56 bits per heavy atom. The number of rotatable bonds is 7. The van der Waals surface area contributed by atoms with Gasteiger partial charge in [0, 0.05) is 6.04 Å². The van der Waals surface area contributed by atoms with Gasteiger partial charge in [-0.1, -0.05) is 37.0 Å². The third-order valence-electron chi connectivity index (χ3n) is 11.2. The van der Waals surface area contributed by atoms with Crippen molar-refractivity contribution in [2.24, 2.45) is 22.7 Å². The van der Waals surface area contributed by atoms with Gasteiger partial charge in [-0.25, -0.2) is 0 Å².